The van der Waals surface area contributed by atoms with Crippen molar-refractivity contribution in [2.45, 2.75) is 6.92 Å². The monoisotopic (exact) mass is 230 g/mol. The minimum atomic E-state index is -0.450. The maximum atomic E-state index is 10.5. The summed E-state index contributed by atoms with van der Waals surface area (Å²) in [5.41, 5.74) is 1.08. The van der Waals surface area contributed by atoms with Crippen LogP contribution in [0.1, 0.15) is 5.56 Å². The zero-order valence-corrected chi connectivity index (χ0v) is 9.16. The first kappa shape index (κ1) is 11.1. The third-order valence-electron chi connectivity index (χ3n) is 2.16. The van der Waals surface area contributed by atoms with Gasteiger partial charge in [0.25, 0.3) is 5.69 Å². The fourth-order valence-corrected chi connectivity index (χ4v) is 1.32. The van der Waals surface area contributed by atoms with Crippen LogP contribution >= 0.6 is 0 Å². The molecule has 0 amide bonds. The first-order valence-electron chi connectivity index (χ1n) is 5.00. The van der Waals surface area contributed by atoms with Crippen molar-refractivity contribution < 1.29 is 9.66 Å². The molecule has 17 heavy (non-hydrogen) atoms. The Bertz CT molecular complexity index is 538. The Hall–Kier alpha value is -2.43. The molecule has 0 atom stereocenters. The molecule has 0 saturated carbocycles. The van der Waals surface area contributed by atoms with E-state index < -0.39 is 4.92 Å². The van der Waals surface area contributed by atoms with Gasteiger partial charge in [-0.05, 0) is 30.7 Å². The van der Waals surface area contributed by atoms with Gasteiger partial charge < -0.3 is 4.74 Å². The number of hydrogen-bond donors (Lipinski definition) is 0. The second-order valence-electron chi connectivity index (χ2n) is 3.52. The van der Waals surface area contributed by atoms with Crippen LogP contribution in [0.5, 0.6) is 11.6 Å². The Kier molecular flexibility index (Phi) is 3.00. The lowest BCUT2D eigenvalue weighted by Crippen LogP contribution is -1.90. The van der Waals surface area contributed by atoms with Gasteiger partial charge in [-0.1, -0.05) is 0 Å². The van der Waals surface area contributed by atoms with Crippen molar-refractivity contribution in [1.29, 1.82) is 0 Å². The first-order valence-corrected chi connectivity index (χ1v) is 5.00. The third kappa shape index (κ3) is 2.78. The standard InChI is InChI=1S/C12H10N2O3/c1-9-6-7-13-12(8-9)17-11-4-2-10(3-5-11)14(15)16/h2-8H,1H3. The second kappa shape index (κ2) is 4.61. The van der Waals surface area contributed by atoms with Gasteiger partial charge in [-0.2, -0.15) is 0 Å². The van der Waals surface area contributed by atoms with Gasteiger partial charge in [0.15, 0.2) is 0 Å². The molecule has 5 nitrogen and oxygen atoms in total. The van der Waals surface area contributed by atoms with Crippen LogP contribution in [0.25, 0.3) is 0 Å². The highest BCUT2D eigenvalue weighted by atomic mass is 16.6. The Morgan fingerprint density at radius 2 is 1.94 bits per heavy atom. The van der Waals surface area contributed by atoms with Gasteiger partial charge in [0.05, 0.1) is 4.92 Å². The summed E-state index contributed by atoms with van der Waals surface area (Å²) in [6, 6.07) is 9.53. The van der Waals surface area contributed by atoms with Crippen LogP contribution in [-0.4, -0.2) is 9.91 Å². The summed E-state index contributed by atoms with van der Waals surface area (Å²) in [4.78, 5) is 14.1. The molecule has 0 spiro atoms. The number of pyridine rings is 1. The Balaban J connectivity index is 2.16. The number of hydrogen-bond acceptors (Lipinski definition) is 4. The lowest BCUT2D eigenvalue weighted by Gasteiger charge is -2.04. The van der Waals surface area contributed by atoms with Crippen LogP contribution < -0.4 is 4.74 Å². The maximum Gasteiger partial charge on any atom is 0.269 e. The van der Waals surface area contributed by atoms with Gasteiger partial charge in [0, 0.05) is 24.4 Å². The number of nitro benzene ring substituents is 1. The SMILES string of the molecule is Cc1ccnc(Oc2ccc([N+](=O)[O-])cc2)c1. The Morgan fingerprint density at radius 1 is 1.24 bits per heavy atom. The summed E-state index contributed by atoms with van der Waals surface area (Å²) < 4.78 is 5.46. The largest absolute Gasteiger partial charge is 0.439 e. The number of aryl methyl sites for hydroxylation is 1. The average molecular weight is 230 g/mol. The summed E-state index contributed by atoms with van der Waals surface area (Å²) in [5, 5.41) is 10.5. The fraction of sp³-hybridized carbons (Fsp3) is 0.0833. The van der Waals surface area contributed by atoms with E-state index in [1.165, 1.54) is 12.1 Å². The van der Waals surface area contributed by atoms with Gasteiger partial charge in [-0.15, -0.1) is 0 Å². The minimum absolute atomic E-state index is 0.0366. The number of nitro groups is 1. The van der Waals surface area contributed by atoms with Crippen molar-refractivity contribution in [3.63, 3.8) is 0 Å². The zero-order chi connectivity index (χ0) is 12.3. The van der Waals surface area contributed by atoms with Gasteiger partial charge in [0.2, 0.25) is 5.88 Å². The predicted molar refractivity (Wildman–Crippen MR) is 62.1 cm³/mol. The smallest absolute Gasteiger partial charge is 0.269 e. The van der Waals surface area contributed by atoms with Crippen LogP contribution in [0.2, 0.25) is 0 Å². The van der Waals surface area contributed by atoms with Crippen LogP contribution in [0.4, 0.5) is 5.69 Å². The number of nitrogens with zero attached hydrogens (tertiary/aromatic N) is 2. The van der Waals surface area contributed by atoms with E-state index in [4.69, 9.17) is 4.74 Å². The molecular formula is C12H10N2O3. The molecule has 0 aliphatic heterocycles. The van der Waals surface area contributed by atoms with E-state index in [1.54, 1.807) is 24.4 Å². The Labute approximate surface area is 97.8 Å². The second-order valence-corrected chi connectivity index (χ2v) is 3.52. The van der Waals surface area contributed by atoms with Gasteiger partial charge in [0.1, 0.15) is 5.75 Å². The number of rotatable bonds is 3. The topological polar surface area (TPSA) is 65.3 Å². The predicted octanol–water partition coefficient (Wildman–Crippen LogP) is 3.09. The summed E-state index contributed by atoms with van der Waals surface area (Å²) in [6.45, 7) is 1.93. The van der Waals surface area contributed by atoms with E-state index in [0.29, 0.717) is 11.6 Å². The molecule has 1 aromatic heterocycles. The summed E-state index contributed by atoms with van der Waals surface area (Å²) >= 11 is 0. The van der Waals surface area contributed by atoms with Crippen molar-refractivity contribution in [2.24, 2.45) is 0 Å². The first-order chi connectivity index (χ1) is 8.15. The minimum Gasteiger partial charge on any atom is -0.439 e. The summed E-state index contributed by atoms with van der Waals surface area (Å²) in [5.74, 6) is 0.993. The Morgan fingerprint density at radius 3 is 2.53 bits per heavy atom. The maximum absolute atomic E-state index is 10.5. The molecule has 0 unspecified atom stereocenters. The molecule has 1 aromatic carbocycles. The van der Waals surface area contributed by atoms with Crippen molar-refractivity contribution in [2.75, 3.05) is 0 Å². The molecule has 0 N–H and O–H groups in total. The van der Waals surface area contributed by atoms with Crippen LogP contribution in [0.15, 0.2) is 42.6 Å². The molecule has 0 fully saturated rings. The van der Waals surface area contributed by atoms with Gasteiger partial charge >= 0.3 is 0 Å². The van der Waals surface area contributed by atoms with Crippen LogP contribution in [-0.2, 0) is 0 Å². The quantitative estimate of drug-likeness (QED) is 0.600. The molecule has 5 heteroatoms. The molecular weight excluding hydrogens is 220 g/mol. The van der Waals surface area contributed by atoms with E-state index in [9.17, 15) is 10.1 Å². The van der Waals surface area contributed by atoms with E-state index in [-0.39, 0.29) is 5.69 Å². The van der Waals surface area contributed by atoms with E-state index in [1.807, 2.05) is 13.0 Å². The highest BCUT2D eigenvalue weighted by Gasteiger charge is 2.05. The highest BCUT2D eigenvalue weighted by molar-refractivity contribution is 5.37. The lowest BCUT2D eigenvalue weighted by molar-refractivity contribution is -0.384. The molecule has 0 aliphatic rings. The van der Waals surface area contributed by atoms with Crippen molar-refractivity contribution in [3.8, 4) is 11.6 Å². The molecule has 86 valence electrons. The fourth-order valence-electron chi connectivity index (χ4n) is 1.32. The van der Waals surface area contributed by atoms with Gasteiger partial charge in [-0.3, -0.25) is 10.1 Å². The zero-order valence-electron chi connectivity index (χ0n) is 9.16. The molecule has 1 heterocycles. The third-order valence-corrected chi connectivity index (χ3v) is 2.16. The van der Waals surface area contributed by atoms with E-state index in [0.717, 1.165) is 5.56 Å². The van der Waals surface area contributed by atoms with Crippen LogP contribution in [0.3, 0.4) is 0 Å². The lowest BCUT2D eigenvalue weighted by atomic mass is 10.3. The number of benzene rings is 1. The molecule has 0 aliphatic carbocycles. The van der Waals surface area contributed by atoms with Gasteiger partial charge in [-0.25, -0.2) is 4.98 Å². The molecule has 0 saturated heterocycles. The summed E-state index contributed by atoms with van der Waals surface area (Å²) in [6.07, 6.45) is 1.65. The molecule has 2 aromatic rings. The summed E-state index contributed by atoms with van der Waals surface area (Å²) in [7, 11) is 0. The van der Waals surface area contributed by atoms with E-state index in [2.05, 4.69) is 4.98 Å². The van der Waals surface area contributed by atoms with Crippen LogP contribution in [0, 0.1) is 17.0 Å². The van der Waals surface area contributed by atoms with Crippen molar-refractivity contribution in [3.05, 3.63) is 58.3 Å². The number of ether oxygens (including phenoxy) is 1. The highest BCUT2D eigenvalue weighted by Crippen LogP contribution is 2.22. The molecule has 0 bridgehead atoms. The normalized spacial score (nSPS) is 9.94. The average Bonchev–Trinajstić information content (AvgIpc) is 2.29. The number of aromatic nitrogens is 1. The van der Waals surface area contributed by atoms with Crippen molar-refractivity contribution in [1.82, 2.24) is 4.98 Å². The number of non-ortho nitro benzene ring substituents is 1. The molecule has 0 radical (unpaired) electrons. The molecule has 2 rings (SSSR count). The van der Waals surface area contributed by atoms with E-state index >= 15 is 0 Å². The van der Waals surface area contributed by atoms with Crippen molar-refractivity contribution >= 4 is 5.69 Å².